The molecule has 0 saturated heterocycles. The largest absolute Gasteiger partial charge is 0.493 e. The fourth-order valence-electron chi connectivity index (χ4n) is 2.95. The average Bonchev–Trinajstić information content (AvgIpc) is 2.64. The third kappa shape index (κ3) is 7.08. The number of ether oxygens (including phenoxy) is 2. The van der Waals surface area contributed by atoms with Gasteiger partial charge in [0.25, 0.3) is 5.91 Å². The number of carbonyl (C=O) groups excluding carboxylic acids is 1. The number of nitrogens with one attached hydrogen (secondary N) is 1. The van der Waals surface area contributed by atoms with Gasteiger partial charge in [-0.1, -0.05) is 67.5 Å². The number of amides is 1. The van der Waals surface area contributed by atoms with E-state index in [1.165, 1.54) is 5.56 Å². The van der Waals surface area contributed by atoms with Gasteiger partial charge in [-0.15, -0.1) is 0 Å². The van der Waals surface area contributed by atoms with Gasteiger partial charge in [0, 0.05) is 5.69 Å². The van der Waals surface area contributed by atoms with Crippen molar-refractivity contribution >= 4 is 11.6 Å². The Balaban J connectivity index is 2.02. The number of anilines is 1. The smallest absolute Gasteiger partial charge is 0.262 e. The van der Waals surface area contributed by atoms with Crippen molar-refractivity contribution in [3.05, 3.63) is 53.6 Å². The summed E-state index contributed by atoms with van der Waals surface area (Å²) in [4.78, 5) is 12.4. The molecular formula is C26H37NO3. The fraction of sp³-hybridized carbons (Fsp3) is 0.500. The minimum atomic E-state index is -0.189. The zero-order valence-corrected chi connectivity index (χ0v) is 19.8. The maximum absolute atomic E-state index is 12.4. The molecule has 1 N–H and O–H groups in total. The highest BCUT2D eigenvalue weighted by molar-refractivity contribution is 5.91. The number of benzene rings is 2. The lowest BCUT2D eigenvalue weighted by atomic mass is 9.80. The molecule has 0 saturated carbocycles. The minimum Gasteiger partial charge on any atom is -0.493 e. The number of rotatable bonds is 7. The fourth-order valence-corrected chi connectivity index (χ4v) is 2.95. The average molecular weight is 412 g/mol. The van der Waals surface area contributed by atoms with E-state index in [4.69, 9.17) is 9.47 Å². The van der Waals surface area contributed by atoms with Gasteiger partial charge < -0.3 is 14.8 Å². The van der Waals surface area contributed by atoms with Crippen LogP contribution < -0.4 is 14.8 Å². The van der Waals surface area contributed by atoms with E-state index in [0.717, 1.165) is 22.7 Å². The van der Waals surface area contributed by atoms with Crippen molar-refractivity contribution in [2.24, 2.45) is 5.92 Å². The maximum atomic E-state index is 12.4. The van der Waals surface area contributed by atoms with Crippen LogP contribution in [0.4, 0.5) is 5.69 Å². The van der Waals surface area contributed by atoms with Gasteiger partial charge in [-0.2, -0.15) is 0 Å². The minimum absolute atomic E-state index is 0.0381. The van der Waals surface area contributed by atoms with Crippen molar-refractivity contribution in [1.82, 2.24) is 0 Å². The molecule has 0 aliphatic heterocycles. The van der Waals surface area contributed by atoms with E-state index in [2.05, 4.69) is 72.8 Å². The first-order chi connectivity index (χ1) is 13.9. The molecule has 4 nitrogen and oxygen atoms in total. The van der Waals surface area contributed by atoms with Crippen molar-refractivity contribution in [3.8, 4) is 11.5 Å². The standard InChI is InChI=1S/C26H37NO3/c1-18(2)16-29-21-12-10-20(11-13-21)27-24(28)17-30-23-14-9-19(25(3,4)5)15-22(23)26(6,7)8/h9-15,18H,16-17H2,1-8H3,(H,27,28). The van der Waals surface area contributed by atoms with E-state index in [0.29, 0.717) is 12.5 Å². The monoisotopic (exact) mass is 411 g/mol. The molecular weight excluding hydrogens is 374 g/mol. The van der Waals surface area contributed by atoms with Gasteiger partial charge in [0.15, 0.2) is 6.61 Å². The molecule has 0 fully saturated rings. The number of carbonyl (C=O) groups is 1. The number of hydrogen-bond acceptors (Lipinski definition) is 3. The summed E-state index contributed by atoms with van der Waals surface area (Å²) in [5.74, 6) is 1.83. The Labute approximate surface area is 182 Å². The van der Waals surface area contributed by atoms with Gasteiger partial charge in [-0.3, -0.25) is 4.79 Å². The first-order valence-electron chi connectivity index (χ1n) is 10.7. The highest BCUT2D eigenvalue weighted by Gasteiger charge is 2.23. The molecule has 0 unspecified atom stereocenters. The lowest BCUT2D eigenvalue weighted by Crippen LogP contribution is -2.22. The van der Waals surface area contributed by atoms with Gasteiger partial charge in [0.05, 0.1) is 6.61 Å². The normalized spacial score (nSPS) is 12.0. The van der Waals surface area contributed by atoms with Crippen LogP contribution >= 0.6 is 0 Å². The molecule has 0 radical (unpaired) electrons. The zero-order chi connectivity index (χ0) is 22.5. The van der Waals surface area contributed by atoms with E-state index >= 15 is 0 Å². The Morgan fingerprint density at radius 1 is 0.900 bits per heavy atom. The van der Waals surface area contributed by atoms with Crippen molar-refractivity contribution in [2.45, 2.75) is 66.2 Å². The summed E-state index contributed by atoms with van der Waals surface area (Å²) in [6.45, 7) is 17.9. The van der Waals surface area contributed by atoms with Crippen molar-refractivity contribution in [3.63, 3.8) is 0 Å². The molecule has 0 spiro atoms. The van der Waals surface area contributed by atoms with Gasteiger partial charge in [0.2, 0.25) is 0 Å². The molecule has 0 aliphatic carbocycles. The quantitative estimate of drug-likeness (QED) is 0.579. The molecule has 0 aliphatic rings. The Morgan fingerprint density at radius 2 is 1.53 bits per heavy atom. The van der Waals surface area contributed by atoms with E-state index in [1.807, 2.05) is 30.3 Å². The lowest BCUT2D eigenvalue weighted by Gasteiger charge is -2.27. The summed E-state index contributed by atoms with van der Waals surface area (Å²) in [5, 5.41) is 2.88. The van der Waals surface area contributed by atoms with Gasteiger partial charge in [-0.25, -0.2) is 0 Å². The first-order valence-corrected chi connectivity index (χ1v) is 10.7. The van der Waals surface area contributed by atoms with Gasteiger partial charge >= 0.3 is 0 Å². The Morgan fingerprint density at radius 3 is 2.07 bits per heavy atom. The van der Waals surface area contributed by atoms with Crippen LogP contribution in [-0.4, -0.2) is 19.1 Å². The van der Waals surface area contributed by atoms with Crippen molar-refractivity contribution in [2.75, 3.05) is 18.5 Å². The van der Waals surface area contributed by atoms with E-state index < -0.39 is 0 Å². The summed E-state index contributed by atoms with van der Waals surface area (Å²) in [6.07, 6.45) is 0. The molecule has 4 heteroatoms. The zero-order valence-electron chi connectivity index (χ0n) is 19.8. The van der Waals surface area contributed by atoms with Gasteiger partial charge in [0.1, 0.15) is 11.5 Å². The SMILES string of the molecule is CC(C)COc1ccc(NC(=O)COc2ccc(C(C)(C)C)cc2C(C)(C)C)cc1. The van der Waals surface area contributed by atoms with Crippen LogP contribution in [0.1, 0.15) is 66.5 Å². The predicted octanol–water partition coefficient (Wildman–Crippen LogP) is 6.33. The second-order valence-electron chi connectivity index (χ2n) is 10.3. The summed E-state index contributed by atoms with van der Waals surface area (Å²) in [6, 6.07) is 13.7. The summed E-state index contributed by atoms with van der Waals surface area (Å²) in [5.41, 5.74) is 3.05. The molecule has 2 rings (SSSR count). The molecule has 0 aromatic heterocycles. The topological polar surface area (TPSA) is 47.6 Å². The summed E-state index contributed by atoms with van der Waals surface area (Å²) >= 11 is 0. The lowest BCUT2D eigenvalue weighted by molar-refractivity contribution is -0.118. The van der Waals surface area contributed by atoms with E-state index in [-0.39, 0.29) is 23.3 Å². The van der Waals surface area contributed by atoms with E-state index in [9.17, 15) is 4.79 Å². The van der Waals surface area contributed by atoms with Crippen LogP contribution in [0, 0.1) is 5.92 Å². The maximum Gasteiger partial charge on any atom is 0.262 e. The first kappa shape index (κ1) is 23.8. The highest BCUT2D eigenvalue weighted by Crippen LogP contribution is 2.35. The molecule has 164 valence electrons. The molecule has 2 aromatic carbocycles. The molecule has 2 aromatic rings. The van der Waals surface area contributed by atoms with Crippen LogP contribution in [0.15, 0.2) is 42.5 Å². The van der Waals surface area contributed by atoms with Crippen LogP contribution in [0.2, 0.25) is 0 Å². The van der Waals surface area contributed by atoms with Crippen molar-refractivity contribution in [1.29, 1.82) is 0 Å². The second kappa shape index (κ2) is 9.55. The van der Waals surface area contributed by atoms with Crippen molar-refractivity contribution < 1.29 is 14.3 Å². The Hall–Kier alpha value is -2.49. The summed E-state index contributed by atoms with van der Waals surface area (Å²) < 4.78 is 11.6. The molecule has 0 atom stereocenters. The molecule has 0 bridgehead atoms. The Kier molecular flexibility index (Phi) is 7.57. The highest BCUT2D eigenvalue weighted by atomic mass is 16.5. The molecule has 30 heavy (non-hydrogen) atoms. The summed E-state index contributed by atoms with van der Waals surface area (Å²) in [7, 11) is 0. The van der Waals surface area contributed by atoms with Crippen LogP contribution in [-0.2, 0) is 15.6 Å². The van der Waals surface area contributed by atoms with Crippen LogP contribution in [0.5, 0.6) is 11.5 Å². The van der Waals surface area contributed by atoms with Crippen LogP contribution in [0.25, 0.3) is 0 Å². The van der Waals surface area contributed by atoms with Gasteiger partial charge in [-0.05, 0) is 58.2 Å². The Bertz CT molecular complexity index is 840. The molecule has 1 amide bonds. The number of hydrogen-bond donors (Lipinski definition) is 1. The molecule has 0 heterocycles. The third-order valence-electron chi connectivity index (χ3n) is 4.73. The van der Waals surface area contributed by atoms with Crippen LogP contribution in [0.3, 0.4) is 0 Å². The van der Waals surface area contributed by atoms with E-state index in [1.54, 1.807) is 0 Å². The second-order valence-corrected chi connectivity index (χ2v) is 10.3. The third-order valence-corrected chi connectivity index (χ3v) is 4.73. The predicted molar refractivity (Wildman–Crippen MR) is 125 cm³/mol.